The molecule has 1 amide bonds. The van der Waals surface area contributed by atoms with Crippen LogP contribution in [0.1, 0.15) is 19.3 Å². The third kappa shape index (κ3) is 15.5. The molecule has 10 nitrogen and oxygen atoms in total. The first-order valence-electron chi connectivity index (χ1n) is 9.21. The molecule has 1 atom stereocenters. The molecule has 0 bridgehead atoms. The molecule has 1 fully saturated rings. The van der Waals surface area contributed by atoms with Crippen molar-refractivity contribution in [2.24, 2.45) is 0 Å². The fraction of sp³-hybridized carbons (Fsp3) is 0.882. The van der Waals surface area contributed by atoms with Crippen LogP contribution < -0.4 is 5.32 Å². The predicted molar refractivity (Wildman–Crippen MR) is 93.5 cm³/mol. The molecule has 0 radical (unpaired) electrons. The monoisotopic (exact) mass is 393 g/mol. The van der Waals surface area contributed by atoms with Gasteiger partial charge in [-0.2, -0.15) is 0 Å². The number of rotatable bonds is 17. The van der Waals surface area contributed by atoms with E-state index in [9.17, 15) is 9.59 Å². The quantitative estimate of drug-likeness (QED) is 0.323. The molecular weight excluding hydrogens is 362 g/mol. The average Bonchev–Trinajstić information content (AvgIpc) is 2.66. The smallest absolute Gasteiger partial charge is 0.329 e. The Kier molecular flexibility index (Phi) is 14.8. The molecule has 158 valence electrons. The molecule has 27 heavy (non-hydrogen) atoms. The lowest BCUT2D eigenvalue weighted by atomic mass is 10.2. The highest BCUT2D eigenvalue weighted by molar-refractivity contribution is 5.77. The summed E-state index contributed by atoms with van der Waals surface area (Å²) in [6, 6.07) is 0. The highest BCUT2D eigenvalue weighted by Gasteiger charge is 2.13. The maximum Gasteiger partial charge on any atom is 0.329 e. The standard InChI is InChI=1S/C17H31NO9/c19-15(13-25-14-16(20)21)18-4-6-22-7-8-23-9-10-24-11-12-27-17-3-1-2-5-26-17/h17H,1-14H2,(H,18,19)(H,20,21). The molecular formula is C17H31NO9. The number of carbonyl (C=O) groups is 2. The van der Waals surface area contributed by atoms with Crippen molar-refractivity contribution in [2.75, 3.05) is 72.6 Å². The van der Waals surface area contributed by atoms with Crippen LogP contribution in [0.5, 0.6) is 0 Å². The van der Waals surface area contributed by atoms with Crippen molar-refractivity contribution in [3.05, 3.63) is 0 Å². The maximum atomic E-state index is 11.3. The molecule has 0 spiro atoms. The molecule has 1 heterocycles. The number of carboxylic acid groups (broad SMARTS) is 1. The molecule has 1 saturated heterocycles. The van der Waals surface area contributed by atoms with E-state index in [0.717, 1.165) is 25.9 Å². The number of ether oxygens (including phenoxy) is 6. The second kappa shape index (κ2) is 16.8. The molecule has 1 rings (SSSR count). The van der Waals surface area contributed by atoms with Crippen LogP contribution in [0.3, 0.4) is 0 Å². The summed E-state index contributed by atoms with van der Waals surface area (Å²) in [5, 5.41) is 10.9. The minimum absolute atomic E-state index is 0.0854. The first-order valence-corrected chi connectivity index (χ1v) is 9.21. The van der Waals surface area contributed by atoms with Gasteiger partial charge in [-0.15, -0.1) is 0 Å². The molecule has 2 N–H and O–H groups in total. The Balaban J connectivity index is 1.72. The van der Waals surface area contributed by atoms with Crippen LogP contribution in [-0.2, 0) is 38.0 Å². The highest BCUT2D eigenvalue weighted by atomic mass is 16.7. The summed E-state index contributed by atoms with van der Waals surface area (Å²) in [6.45, 7) is 3.49. The lowest BCUT2D eigenvalue weighted by Crippen LogP contribution is -2.31. The summed E-state index contributed by atoms with van der Waals surface area (Å²) in [4.78, 5) is 21.5. The van der Waals surface area contributed by atoms with Crippen LogP contribution in [-0.4, -0.2) is 95.9 Å². The van der Waals surface area contributed by atoms with E-state index in [2.05, 4.69) is 10.1 Å². The fourth-order valence-corrected chi connectivity index (χ4v) is 2.17. The van der Waals surface area contributed by atoms with E-state index in [1.54, 1.807) is 0 Å². The van der Waals surface area contributed by atoms with Gasteiger partial charge in [0.15, 0.2) is 6.29 Å². The van der Waals surface area contributed by atoms with Crippen molar-refractivity contribution in [3.63, 3.8) is 0 Å². The van der Waals surface area contributed by atoms with E-state index in [0.29, 0.717) is 52.8 Å². The summed E-state index contributed by atoms with van der Waals surface area (Å²) >= 11 is 0. The predicted octanol–water partition coefficient (Wildman–Crippen LogP) is -0.203. The van der Waals surface area contributed by atoms with Gasteiger partial charge in [0, 0.05) is 13.2 Å². The molecule has 1 aliphatic heterocycles. The average molecular weight is 393 g/mol. The molecule has 0 aliphatic carbocycles. The van der Waals surface area contributed by atoms with Crippen molar-refractivity contribution in [2.45, 2.75) is 25.6 Å². The van der Waals surface area contributed by atoms with Gasteiger partial charge in [0.1, 0.15) is 13.2 Å². The Bertz CT molecular complexity index is 389. The van der Waals surface area contributed by atoms with Crippen molar-refractivity contribution in [3.8, 4) is 0 Å². The Labute approximate surface area is 159 Å². The number of carboxylic acids is 1. The number of carbonyl (C=O) groups excluding carboxylic acids is 1. The van der Waals surface area contributed by atoms with Gasteiger partial charge in [0.05, 0.1) is 46.2 Å². The Morgan fingerprint density at radius 1 is 0.889 bits per heavy atom. The van der Waals surface area contributed by atoms with E-state index >= 15 is 0 Å². The second-order valence-electron chi connectivity index (χ2n) is 5.74. The summed E-state index contributed by atoms with van der Waals surface area (Å²) in [5.41, 5.74) is 0. The van der Waals surface area contributed by atoms with Gasteiger partial charge in [-0.25, -0.2) is 4.79 Å². The first kappa shape index (κ1) is 23.7. The largest absolute Gasteiger partial charge is 0.480 e. The molecule has 1 aliphatic rings. The lowest BCUT2D eigenvalue weighted by molar-refractivity contribution is -0.169. The van der Waals surface area contributed by atoms with Gasteiger partial charge in [0.25, 0.3) is 0 Å². The molecule has 1 unspecified atom stereocenters. The van der Waals surface area contributed by atoms with Crippen LogP contribution in [0.4, 0.5) is 0 Å². The Morgan fingerprint density at radius 3 is 2.19 bits per heavy atom. The van der Waals surface area contributed by atoms with E-state index in [4.69, 9.17) is 28.8 Å². The number of aliphatic carboxylic acids is 1. The molecule has 0 aromatic rings. The van der Waals surface area contributed by atoms with Gasteiger partial charge in [-0.3, -0.25) is 4.79 Å². The Hall–Kier alpha value is -1.30. The number of hydrogen-bond donors (Lipinski definition) is 2. The van der Waals surface area contributed by atoms with Gasteiger partial charge in [-0.1, -0.05) is 0 Å². The lowest BCUT2D eigenvalue weighted by Gasteiger charge is -2.22. The highest BCUT2D eigenvalue weighted by Crippen LogP contribution is 2.13. The number of nitrogens with one attached hydrogen (secondary N) is 1. The molecule has 10 heteroatoms. The van der Waals surface area contributed by atoms with Crippen molar-refractivity contribution < 1.29 is 43.1 Å². The van der Waals surface area contributed by atoms with Gasteiger partial charge >= 0.3 is 5.97 Å². The summed E-state index contributed by atoms with van der Waals surface area (Å²) < 4.78 is 31.7. The van der Waals surface area contributed by atoms with E-state index in [1.807, 2.05) is 0 Å². The van der Waals surface area contributed by atoms with Crippen molar-refractivity contribution in [1.82, 2.24) is 5.32 Å². The van der Waals surface area contributed by atoms with E-state index < -0.39 is 12.6 Å². The van der Waals surface area contributed by atoms with Crippen molar-refractivity contribution >= 4 is 11.9 Å². The normalized spacial score (nSPS) is 17.0. The van der Waals surface area contributed by atoms with Crippen LogP contribution in [0.25, 0.3) is 0 Å². The van der Waals surface area contributed by atoms with Crippen LogP contribution >= 0.6 is 0 Å². The molecule has 0 aromatic carbocycles. The van der Waals surface area contributed by atoms with Gasteiger partial charge < -0.3 is 38.8 Å². The van der Waals surface area contributed by atoms with Crippen LogP contribution in [0, 0.1) is 0 Å². The third-order valence-electron chi connectivity index (χ3n) is 3.44. The number of hydrogen-bond acceptors (Lipinski definition) is 8. The van der Waals surface area contributed by atoms with E-state index in [-0.39, 0.29) is 18.8 Å². The van der Waals surface area contributed by atoms with Crippen LogP contribution in [0.15, 0.2) is 0 Å². The van der Waals surface area contributed by atoms with E-state index in [1.165, 1.54) is 0 Å². The minimum atomic E-state index is -1.11. The van der Waals surface area contributed by atoms with Gasteiger partial charge in [-0.05, 0) is 19.3 Å². The second-order valence-corrected chi connectivity index (χ2v) is 5.74. The molecule has 0 saturated carbocycles. The molecule has 0 aromatic heterocycles. The summed E-state index contributed by atoms with van der Waals surface area (Å²) in [7, 11) is 0. The minimum Gasteiger partial charge on any atom is -0.480 e. The third-order valence-corrected chi connectivity index (χ3v) is 3.44. The number of amides is 1. The zero-order valence-corrected chi connectivity index (χ0v) is 15.7. The Morgan fingerprint density at radius 2 is 1.56 bits per heavy atom. The first-order chi connectivity index (χ1) is 13.2. The summed E-state index contributed by atoms with van der Waals surface area (Å²) in [5.74, 6) is -1.49. The van der Waals surface area contributed by atoms with Crippen molar-refractivity contribution in [1.29, 1.82) is 0 Å². The zero-order valence-electron chi connectivity index (χ0n) is 15.7. The van der Waals surface area contributed by atoms with Crippen LogP contribution in [0.2, 0.25) is 0 Å². The zero-order chi connectivity index (χ0) is 19.6. The maximum absolute atomic E-state index is 11.3. The van der Waals surface area contributed by atoms with Gasteiger partial charge in [0.2, 0.25) is 5.91 Å². The topological polar surface area (TPSA) is 122 Å². The SMILES string of the molecule is O=C(O)COCC(=O)NCCOCCOCCOCCOC1CCCCO1. The fourth-order valence-electron chi connectivity index (χ4n) is 2.17. The summed E-state index contributed by atoms with van der Waals surface area (Å²) in [6.07, 6.45) is 3.12.